The van der Waals surface area contributed by atoms with Crippen LogP contribution in [0.25, 0.3) is 5.69 Å². The highest BCUT2D eigenvalue weighted by Gasteiger charge is 2.13. The summed E-state index contributed by atoms with van der Waals surface area (Å²) in [5.41, 5.74) is 2.10. The van der Waals surface area contributed by atoms with Crippen LogP contribution in [0.2, 0.25) is 0 Å². The van der Waals surface area contributed by atoms with Gasteiger partial charge in [0.25, 0.3) is 5.91 Å². The van der Waals surface area contributed by atoms with Gasteiger partial charge in [-0.1, -0.05) is 30.3 Å². The maximum absolute atomic E-state index is 12.5. The molecule has 134 valence electrons. The Balaban J connectivity index is 1.67. The molecule has 0 spiro atoms. The third kappa shape index (κ3) is 3.86. The van der Waals surface area contributed by atoms with E-state index in [1.54, 1.807) is 19.2 Å². The number of hydrogen-bond donors (Lipinski definition) is 2. The first-order chi connectivity index (χ1) is 12.6. The van der Waals surface area contributed by atoms with Gasteiger partial charge in [-0.05, 0) is 34.7 Å². The molecule has 0 saturated heterocycles. The van der Waals surface area contributed by atoms with Crippen molar-refractivity contribution in [2.24, 2.45) is 0 Å². The molecule has 1 heterocycles. The topological polar surface area (TPSA) is 86.2 Å². The Labute approximate surface area is 150 Å². The van der Waals surface area contributed by atoms with E-state index in [4.69, 9.17) is 0 Å². The van der Waals surface area contributed by atoms with E-state index < -0.39 is 0 Å². The number of tetrazole rings is 1. The number of amides is 1. The number of carbonyl (C=O) groups excluding carboxylic acids is 1. The van der Waals surface area contributed by atoms with Gasteiger partial charge in [-0.25, -0.2) is 4.79 Å². The van der Waals surface area contributed by atoms with Crippen molar-refractivity contribution >= 4 is 5.91 Å². The van der Waals surface area contributed by atoms with Crippen LogP contribution in [-0.4, -0.2) is 39.8 Å². The summed E-state index contributed by atoms with van der Waals surface area (Å²) in [5.74, 6) is -0.110. The molecule has 3 rings (SSSR count). The van der Waals surface area contributed by atoms with Gasteiger partial charge in [-0.3, -0.25) is 4.79 Å². The average Bonchev–Trinajstić information content (AvgIpc) is 3.02. The zero-order valence-electron chi connectivity index (χ0n) is 14.7. The van der Waals surface area contributed by atoms with Gasteiger partial charge < -0.3 is 10.2 Å². The van der Waals surface area contributed by atoms with Crippen LogP contribution in [0.3, 0.4) is 0 Å². The second-order valence-electron chi connectivity index (χ2n) is 6.08. The van der Waals surface area contributed by atoms with Gasteiger partial charge in [0.15, 0.2) is 6.67 Å². The average molecular weight is 353 g/mol. The second-order valence-corrected chi connectivity index (χ2v) is 6.08. The maximum atomic E-state index is 12.5. The molecule has 1 atom stereocenters. The number of benzene rings is 2. The first-order valence-corrected chi connectivity index (χ1v) is 8.29. The highest BCUT2D eigenvalue weighted by molar-refractivity contribution is 5.93. The summed E-state index contributed by atoms with van der Waals surface area (Å²) in [7, 11) is 3.58. The molecule has 2 N–H and O–H groups in total. The molecule has 1 amide bonds. The standard InChI is InChI=1S/C18H20N6O2/c1-19-17(25)15-10-8-14(9-11-15)12-22(2)13-23-18(26)24(21-20-23)16-6-4-3-5-7-16/h3-11H,12-13H2,1-2H3,(H,19,25)/p+1. The van der Waals surface area contributed by atoms with E-state index >= 15 is 0 Å². The fraction of sp³-hybridized carbons (Fsp3) is 0.222. The van der Waals surface area contributed by atoms with Gasteiger partial charge in [-0.2, -0.15) is 4.68 Å². The summed E-state index contributed by atoms with van der Waals surface area (Å²) in [6.07, 6.45) is 0. The molecular weight excluding hydrogens is 332 g/mol. The van der Waals surface area contributed by atoms with Crippen molar-refractivity contribution in [3.8, 4) is 5.69 Å². The fourth-order valence-electron chi connectivity index (χ4n) is 2.68. The minimum Gasteiger partial charge on any atom is -0.355 e. The van der Waals surface area contributed by atoms with Crippen LogP contribution in [0.5, 0.6) is 0 Å². The van der Waals surface area contributed by atoms with Gasteiger partial charge in [0.1, 0.15) is 6.54 Å². The molecule has 0 fully saturated rings. The van der Waals surface area contributed by atoms with Crippen molar-refractivity contribution in [3.05, 3.63) is 76.2 Å². The Morgan fingerprint density at radius 2 is 1.77 bits per heavy atom. The molecule has 0 saturated carbocycles. The molecule has 0 aliphatic heterocycles. The molecule has 0 bridgehead atoms. The lowest BCUT2D eigenvalue weighted by Crippen LogP contribution is -3.07. The third-order valence-corrected chi connectivity index (χ3v) is 4.01. The number of nitrogens with one attached hydrogen (secondary N) is 2. The van der Waals surface area contributed by atoms with Gasteiger partial charge >= 0.3 is 5.69 Å². The van der Waals surface area contributed by atoms with Crippen LogP contribution >= 0.6 is 0 Å². The molecule has 8 heteroatoms. The number of nitrogens with zero attached hydrogens (tertiary/aromatic N) is 4. The van der Waals surface area contributed by atoms with Crippen LogP contribution < -0.4 is 15.9 Å². The number of carbonyl (C=O) groups is 1. The van der Waals surface area contributed by atoms with Crippen molar-refractivity contribution < 1.29 is 9.69 Å². The first kappa shape index (κ1) is 17.6. The minimum absolute atomic E-state index is 0.110. The predicted molar refractivity (Wildman–Crippen MR) is 96.0 cm³/mol. The molecule has 8 nitrogen and oxygen atoms in total. The Morgan fingerprint density at radius 3 is 2.42 bits per heavy atom. The molecule has 0 aliphatic rings. The maximum Gasteiger partial charge on any atom is 0.373 e. The minimum atomic E-state index is -0.273. The Kier molecular flexibility index (Phi) is 5.23. The van der Waals surface area contributed by atoms with Gasteiger partial charge in [-0.15, -0.1) is 4.68 Å². The summed E-state index contributed by atoms with van der Waals surface area (Å²) in [6, 6.07) is 16.6. The largest absolute Gasteiger partial charge is 0.373 e. The van der Waals surface area contributed by atoms with Crippen molar-refractivity contribution in [1.82, 2.24) is 25.1 Å². The van der Waals surface area contributed by atoms with E-state index in [9.17, 15) is 9.59 Å². The quantitative estimate of drug-likeness (QED) is 0.623. The molecule has 1 aromatic heterocycles. The summed E-state index contributed by atoms with van der Waals surface area (Å²) in [5, 5.41) is 10.5. The summed E-state index contributed by atoms with van der Waals surface area (Å²) >= 11 is 0. The van der Waals surface area contributed by atoms with Crippen molar-refractivity contribution in [3.63, 3.8) is 0 Å². The lowest BCUT2D eigenvalue weighted by molar-refractivity contribution is -0.917. The van der Waals surface area contributed by atoms with E-state index in [0.717, 1.165) is 10.5 Å². The summed E-state index contributed by atoms with van der Waals surface area (Å²) < 4.78 is 2.63. The van der Waals surface area contributed by atoms with Crippen LogP contribution in [0, 0.1) is 0 Å². The molecule has 26 heavy (non-hydrogen) atoms. The van der Waals surface area contributed by atoms with Crippen LogP contribution in [-0.2, 0) is 13.2 Å². The zero-order chi connectivity index (χ0) is 18.5. The number of hydrogen-bond acceptors (Lipinski definition) is 4. The number of quaternary nitrogens is 1. The summed E-state index contributed by atoms with van der Waals surface area (Å²) in [4.78, 5) is 25.1. The van der Waals surface area contributed by atoms with E-state index in [0.29, 0.717) is 24.5 Å². The van der Waals surface area contributed by atoms with E-state index in [1.165, 1.54) is 9.36 Å². The molecule has 0 radical (unpaired) electrons. The molecule has 2 aromatic carbocycles. The zero-order valence-corrected chi connectivity index (χ0v) is 14.7. The van der Waals surface area contributed by atoms with Crippen LogP contribution in [0.1, 0.15) is 15.9 Å². The molecule has 3 aromatic rings. The molecule has 1 unspecified atom stereocenters. The number of rotatable bonds is 6. The summed E-state index contributed by atoms with van der Waals surface area (Å²) in [6.45, 7) is 1.08. The first-order valence-electron chi connectivity index (χ1n) is 8.29. The fourth-order valence-corrected chi connectivity index (χ4v) is 2.68. The van der Waals surface area contributed by atoms with Gasteiger partial charge in [0.2, 0.25) is 0 Å². The highest BCUT2D eigenvalue weighted by Crippen LogP contribution is 2.03. The van der Waals surface area contributed by atoms with E-state index in [2.05, 4.69) is 15.7 Å². The second kappa shape index (κ2) is 7.75. The monoisotopic (exact) mass is 353 g/mol. The molecular formula is C18H21N6O2+. The smallest absolute Gasteiger partial charge is 0.355 e. The lowest BCUT2D eigenvalue weighted by Gasteiger charge is -2.13. The van der Waals surface area contributed by atoms with Crippen molar-refractivity contribution in [2.75, 3.05) is 14.1 Å². The Hall–Kier alpha value is -3.26. The lowest BCUT2D eigenvalue weighted by atomic mass is 10.1. The van der Waals surface area contributed by atoms with Gasteiger partial charge in [0.05, 0.1) is 12.7 Å². The molecule has 0 aliphatic carbocycles. The van der Waals surface area contributed by atoms with E-state index in [-0.39, 0.29) is 11.6 Å². The number of aromatic nitrogens is 4. The predicted octanol–water partition coefficient (Wildman–Crippen LogP) is -0.539. The Bertz CT molecular complexity index is 930. The Morgan fingerprint density at radius 1 is 1.08 bits per heavy atom. The SMILES string of the molecule is CNC(=O)c1ccc(C[NH+](C)Cn2nnn(-c3ccccc3)c2=O)cc1. The van der Waals surface area contributed by atoms with E-state index in [1.807, 2.05) is 49.5 Å². The van der Waals surface area contributed by atoms with Crippen molar-refractivity contribution in [1.29, 1.82) is 0 Å². The van der Waals surface area contributed by atoms with Crippen molar-refractivity contribution in [2.45, 2.75) is 13.2 Å². The van der Waals surface area contributed by atoms with Gasteiger partial charge in [0, 0.05) is 18.2 Å². The number of para-hydroxylation sites is 1. The van der Waals surface area contributed by atoms with Crippen LogP contribution in [0.15, 0.2) is 59.4 Å². The highest BCUT2D eigenvalue weighted by atomic mass is 16.2. The van der Waals surface area contributed by atoms with Crippen LogP contribution in [0.4, 0.5) is 0 Å². The third-order valence-electron chi connectivity index (χ3n) is 4.01. The normalized spacial score (nSPS) is 11.9.